The fraction of sp³-hybridized carbons (Fsp3) is 0. The lowest BCUT2D eigenvalue weighted by molar-refractivity contribution is 1.40. The third-order valence-corrected chi connectivity index (χ3v) is 3.22. The highest BCUT2D eigenvalue weighted by atomic mass is 14.7. The Morgan fingerprint density at radius 1 is 0.750 bits per heavy atom. The average molecular weight is 260 g/mol. The predicted octanol–water partition coefficient (Wildman–Crippen LogP) is 4.43. The minimum Gasteiger partial charge on any atom is -0.399 e. The van der Waals surface area contributed by atoms with Crippen molar-refractivity contribution < 1.29 is 0 Å². The van der Waals surface area contributed by atoms with Gasteiger partial charge in [0, 0.05) is 17.6 Å². The van der Waals surface area contributed by atoms with Crippen LogP contribution in [-0.2, 0) is 0 Å². The molecule has 0 aliphatic heterocycles. The van der Waals surface area contributed by atoms with Crippen molar-refractivity contribution in [1.29, 1.82) is 0 Å². The number of nitrogens with two attached hydrogens (primary N) is 1. The number of hydrogen-bond acceptors (Lipinski definition) is 1. The van der Waals surface area contributed by atoms with Gasteiger partial charge in [-0.2, -0.15) is 0 Å². The Bertz CT molecular complexity index is 690. The largest absolute Gasteiger partial charge is 0.399 e. The first kappa shape index (κ1) is 12.3. The Labute approximate surface area is 118 Å². The molecule has 0 amide bonds. The molecule has 98 valence electrons. The van der Waals surface area contributed by atoms with Crippen LogP contribution in [0.15, 0.2) is 66.9 Å². The van der Waals surface area contributed by atoms with Crippen LogP contribution < -0.4 is 5.73 Å². The van der Waals surface area contributed by atoms with Crippen LogP contribution in [0.25, 0.3) is 23.4 Å². The number of nitrogen functional groups attached to an aromatic ring is 1. The van der Waals surface area contributed by atoms with Crippen molar-refractivity contribution >= 4 is 17.8 Å². The van der Waals surface area contributed by atoms with Crippen molar-refractivity contribution in [1.82, 2.24) is 4.98 Å². The second-order valence-electron chi connectivity index (χ2n) is 4.71. The maximum absolute atomic E-state index is 5.67. The zero-order valence-electron chi connectivity index (χ0n) is 11.1. The van der Waals surface area contributed by atoms with Gasteiger partial charge in [0.1, 0.15) is 0 Å². The Morgan fingerprint density at radius 2 is 1.35 bits per heavy atom. The Balaban J connectivity index is 1.76. The maximum Gasteiger partial charge on any atom is 0.0453 e. The molecule has 3 rings (SSSR count). The van der Waals surface area contributed by atoms with Crippen LogP contribution in [0.3, 0.4) is 0 Å². The first-order valence-electron chi connectivity index (χ1n) is 6.59. The summed E-state index contributed by atoms with van der Waals surface area (Å²) < 4.78 is 0. The van der Waals surface area contributed by atoms with E-state index in [-0.39, 0.29) is 0 Å². The van der Waals surface area contributed by atoms with Gasteiger partial charge in [0.2, 0.25) is 0 Å². The molecule has 0 saturated heterocycles. The molecular weight excluding hydrogens is 244 g/mol. The third kappa shape index (κ3) is 2.81. The zero-order chi connectivity index (χ0) is 13.8. The first-order valence-corrected chi connectivity index (χ1v) is 6.59. The van der Waals surface area contributed by atoms with Gasteiger partial charge in [0.25, 0.3) is 0 Å². The fourth-order valence-corrected chi connectivity index (χ4v) is 2.08. The van der Waals surface area contributed by atoms with Gasteiger partial charge in [-0.25, -0.2) is 0 Å². The molecular formula is C18H16N2. The zero-order valence-corrected chi connectivity index (χ0v) is 11.1. The molecule has 2 nitrogen and oxygen atoms in total. The third-order valence-electron chi connectivity index (χ3n) is 3.22. The van der Waals surface area contributed by atoms with Crippen LogP contribution in [0.2, 0.25) is 0 Å². The van der Waals surface area contributed by atoms with Crippen molar-refractivity contribution in [2.45, 2.75) is 0 Å². The van der Waals surface area contributed by atoms with Crippen molar-refractivity contribution in [2.24, 2.45) is 0 Å². The minimum absolute atomic E-state index is 0.789. The van der Waals surface area contributed by atoms with E-state index in [1.807, 2.05) is 36.5 Å². The minimum atomic E-state index is 0.789. The molecule has 0 saturated carbocycles. The molecule has 1 aromatic heterocycles. The number of rotatable bonds is 3. The molecule has 2 aromatic carbocycles. The van der Waals surface area contributed by atoms with E-state index in [4.69, 9.17) is 5.73 Å². The average Bonchev–Trinajstić information content (AvgIpc) is 3.01. The molecule has 0 aliphatic carbocycles. The summed E-state index contributed by atoms with van der Waals surface area (Å²) in [6.07, 6.45) is 6.12. The van der Waals surface area contributed by atoms with Gasteiger partial charge in [-0.05, 0) is 41.0 Å². The summed E-state index contributed by atoms with van der Waals surface area (Å²) in [5, 5.41) is 0. The number of hydrogen-bond donors (Lipinski definition) is 2. The van der Waals surface area contributed by atoms with Crippen molar-refractivity contribution in [3.63, 3.8) is 0 Å². The standard InChI is InChI=1S/C18H16N2/c19-17-11-7-15(8-12-17)4-3-14-5-9-16(10-6-14)18-2-1-13-20-18/h1-13,20H,19H2/b4-3+. The smallest absolute Gasteiger partial charge is 0.0453 e. The summed E-state index contributed by atoms with van der Waals surface area (Å²) in [7, 11) is 0. The van der Waals surface area contributed by atoms with E-state index in [9.17, 15) is 0 Å². The lowest BCUT2D eigenvalue weighted by atomic mass is 10.1. The maximum atomic E-state index is 5.67. The molecule has 0 aliphatic rings. The molecule has 0 spiro atoms. The van der Waals surface area contributed by atoms with Gasteiger partial charge in [-0.1, -0.05) is 48.6 Å². The van der Waals surface area contributed by atoms with Crippen LogP contribution in [-0.4, -0.2) is 4.98 Å². The predicted molar refractivity (Wildman–Crippen MR) is 86.0 cm³/mol. The van der Waals surface area contributed by atoms with E-state index in [1.165, 1.54) is 11.1 Å². The van der Waals surface area contributed by atoms with Gasteiger partial charge in [-0.3, -0.25) is 0 Å². The van der Waals surface area contributed by atoms with Crippen LogP contribution in [0.5, 0.6) is 0 Å². The number of anilines is 1. The van der Waals surface area contributed by atoms with Gasteiger partial charge in [-0.15, -0.1) is 0 Å². The summed E-state index contributed by atoms with van der Waals surface area (Å²) in [5.41, 5.74) is 11.1. The molecule has 3 aromatic rings. The van der Waals surface area contributed by atoms with Crippen LogP contribution >= 0.6 is 0 Å². The molecule has 2 heteroatoms. The number of benzene rings is 2. The van der Waals surface area contributed by atoms with Gasteiger partial charge in [0.05, 0.1) is 0 Å². The summed E-state index contributed by atoms with van der Waals surface area (Å²) in [6, 6.07) is 20.4. The second-order valence-corrected chi connectivity index (χ2v) is 4.71. The molecule has 20 heavy (non-hydrogen) atoms. The van der Waals surface area contributed by atoms with Crippen molar-refractivity contribution in [2.75, 3.05) is 5.73 Å². The topological polar surface area (TPSA) is 41.8 Å². The van der Waals surface area contributed by atoms with E-state index in [2.05, 4.69) is 47.5 Å². The highest BCUT2D eigenvalue weighted by Gasteiger charge is 1.96. The highest BCUT2D eigenvalue weighted by Crippen LogP contribution is 2.18. The quantitative estimate of drug-likeness (QED) is 0.530. The highest BCUT2D eigenvalue weighted by molar-refractivity contribution is 5.71. The number of H-pyrrole nitrogens is 1. The van der Waals surface area contributed by atoms with E-state index in [0.717, 1.165) is 16.9 Å². The van der Waals surface area contributed by atoms with E-state index < -0.39 is 0 Å². The second kappa shape index (κ2) is 5.49. The summed E-state index contributed by atoms with van der Waals surface area (Å²) in [6.45, 7) is 0. The van der Waals surface area contributed by atoms with Crippen molar-refractivity contribution in [3.05, 3.63) is 78.0 Å². The van der Waals surface area contributed by atoms with Crippen LogP contribution in [0.4, 0.5) is 5.69 Å². The van der Waals surface area contributed by atoms with E-state index >= 15 is 0 Å². The number of aromatic nitrogens is 1. The van der Waals surface area contributed by atoms with Gasteiger partial charge < -0.3 is 10.7 Å². The first-order chi connectivity index (χ1) is 9.81. The van der Waals surface area contributed by atoms with E-state index in [0.29, 0.717) is 0 Å². The summed E-state index contributed by atoms with van der Waals surface area (Å²) >= 11 is 0. The van der Waals surface area contributed by atoms with Crippen LogP contribution in [0.1, 0.15) is 11.1 Å². The monoisotopic (exact) mass is 260 g/mol. The molecule has 3 N–H and O–H groups in total. The Hall–Kier alpha value is -2.74. The fourth-order valence-electron chi connectivity index (χ4n) is 2.08. The Kier molecular flexibility index (Phi) is 3.38. The van der Waals surface area contributed by atoms with E-state index in [1.54, 1.807) is 0 Å². The lowest BCUT2D eigenvalue weighted by Gasteiger charge is -1.99. The lowest BCUT2D eigenvalue weighted by Crippen LogP contribution is -1.82. The molecule has 0 fully saturated rings. The number of aromatic amines is 1. The Morgan fingerprint density at radius 3 is 1.90 bits per heavy atom. The van der Waals surface area contributed by atoms with Crippen molar-refractivity contribution in [3.8, 4) is 11.3 Å². The van der Waals surface area contributed by atoms with Gasteiger partial charge in [0.15, 0.2) is 0 Å². The number of nitrogens with one attached hydrogen (secondary N) is 1. The molecule has 1 heterocycles. The molecule has 0 atom stereocenters. The van der Waals surface area contributed by atoms with Crippen LogP contribution in [0, 0.1) is 0 Å². The normalized spacial score (nSPS) is 11.0. The SMILES string of the molecule is Nc1ccc(/C=C/c2ccc(-c3ccc[nH]3)cc2)cc1. The summed E-state index contributed by atoms with van der Waals surface area (Å²) in [4.78, 5) is 3.21. The molecule has 0 unspecified atom stereocenters. The van der Waals surface area contributed by atoms with Gasteiger partial charge >= 0.3 is 0 Å². The molecule has 0 bridgehead atoms. The molecule has 0 radical (unpaired) electrons. The summed E-state index contributed by atoms with van der Waals surface area (Å²) in [5.74, 6) is 0.